The molecular formula is C18H26IN7S. The van der Waals surface area contributed by atoms with E-state index in [0.29, 0.717) is 6.54 Å². The van der Waals surface area contributed by atoms with Crippen LogP contribution in [0.5, 0.6) is 0 Å². The van der Waals surface area contributed by atoms with E-state index in [2.05, 4.69) is 43.1 Å². The Bertz CT molecular complexity index is 858. The summed E-state index contributed by atoms with van der Waals surface area (Å²) in [7, 11) is 0. The van der Waals surface area contributed by atoms with Gasteiger partial charge in [-0.05, 0) is 45.2 Å². The van der Waals surface area contributed by atoms with Crippen molar-refractivity contribution < 1.29 is 0 Å². The first-order chi connectivity index (χ1) is 12.8. The summed E-state index contributed by atoms with van der Waals surface area (Å²) in [6, 6.07) is 5.86. The highest BCUT2D eigenvalue weighted by molar-refractivity contribution is 14.0. The molecule has 0 amide bonds. The van der Waals surface area contributed by atoms with Crippen LogP contribution >= 0.6 is 35.3 Å². The molecule has 0 radical (unpaired) electrons. The van der Waals surface area contributed by atoms with Crippen LogP contribution in [0.3, 0.4) is 0 Å². The minimum atomic E-state index is 0. The number of nitrogens with one attached hydrogen (secondary N) is 2. The fraction of sp³-hybridized carbons (Fsp3) is 0.444. The van der Waals surface area contributed by atoms with Crippen LogP contribution in [0.4, 0.5) is 0 Å². The number of aliphatic imine (C=N–C) groups is 1. The van der Waals surface area contributed by atoms with Crippen molar-refractivity contribution in [2.75, 3.05) is 13.1 Å². The fourth-order valence-corrected chi connectivity index (χ4v) is 3.43. The van der Waals surface area contributed by atoms with Gasteiger partial charge in [-0.25, -0.2) is 9.98 Å². The number of rotatable bonds is 8. The molecule has 0 unspecified atom stereocenters. The molecule has 0 fully saturated rings. The molecule has 3 rings (SSSR count). The highest BCUT2D eigenvalue weighted by atomic mass is 127. The van der Waals surface area contributed by atoms with Crippen LogP contribution in [0, 0.1) is 6.92 Å². The number of guanidine groups is 1. The summed E-state index contributed by atoms with van der Waals surface area (Å²) in [5.41, 5.74) is 1.96. The van der Waals surface area contributed by atoms with Gasteiger partial charge in [-0.1, -0.05) is 6.07 Å². The van der Waals surface area contributed by atoms with Gasteiger partial charge in [-0.15, -0.1) is 45.5 Å². The lowest BCUT2D eigenvalue weighted by atomic mass is 10.2. The minimum absolute atomic E-state index is 0. The Kier molecular flexibility index (Phi) is 8.92. The van der Waals surface area contributed by atoms with Gasteiger partial charge in [0.15, 0.2) is 17.4 Å². The van der Waals surface area contributed by atoms with E-state index < -0.39 is 0 Å². The molecule has 0 aliphatic carbocycles. The van der Waals surface area contributed by atoms with Gasteiger partial charge in [0.05, 0.1) is 5.01 Å². The zero-order chi connectivity index (χ0) is 18.2. The highest BCUT2D eigenvalue weighted by Gasteiger charge is 2.04. The largest absolute Gasteiger partial charge is 0.357 e. The Balaban J connectivity index is 0.00000261. The average Bonchev–Trinajstić information content (AvgIpc) is 3.25. The maximum atomic E-state index is 4.63. The summed E-state index contributed by atoms with van der Waals surface area (Å²) >= 11 is 1.75. The lowest BCUT2D eigenvalue weighted by molar-refractivity contribution is 0.691. The third-order valence-electron chi connectivity index (χ3n) is 3.88. The molecule has 0 saturated carbocycles. The molecule has 7 nitrogen and oxygen atoms in total. The molecule has 0 aromatic carbocycles. The van der Waals surface area contributed by atoms with Crippen molar-refractivity contribution in [3.05, 3.63) is 46.3 Å². The van der Waals surface area contributed by atoms with Crippen LogP contribution in [0.1, 0.15) is 36.3 Å². The Hall–Kier alpha value is -1.75. The van der Waals surface area contributed by atoms with Crippen LogP contribution < -0.4 is 10.6 Å². The predicted octanol–water partition coefficient (Wildman–Crippen LogP) is 3.19. The summed E-state index contributed by atoms with van der Waals surface area (Å²) in [6.45, 7) is 6.30. The van der Waals surface area contributed by atoms with Gasteiger partial charge in [0, 0.05) is 30.4 Å². The summed E-state index contributed by atoms with van der Waals surface area (Å²) in [4.78, 5) is 9.13. The van der Waals surface area contributed by atoms with E-state index in [1.807, 2.05) is 35.7 Å². The Labute approximate surface area is 180 Å². The zero-order valence-electron chi connectivity index (χ0n) is 15.7. The smallest absolute Gasteiger partial charge is 0.191 e. The number of aromatic nitrogens is 4. The first-order valence-electron chi connectivity index (χ1n) is 8.98. The molecule has 0 bridgehead atoms. The van der Waals surface area contributed by atoms with E-state index >= 15 is 0 Å². The Morgan fingerprint density at radius 2 is 2.11 bits per heavy atom. The summed E-state index contributed by atoms with van der Waals surface area (Å²) in [6.07, 6.45) is 5.20. The maximum Gasteiger partial charge on any atom is 0.191 e. The van der Waals surface area contributed by atoms with Crippen molar-refractivity contribution >= 4 is 46.9 Å². The van der Waals surface area contributed by atoms with Gasteiger partial charge in [0.1, 0.15) is 6.54 Å². The number of nitrogens with zero attached hydrogens (tertiary/aromatic N) is 5. The molecule has 0 atom stereocenters. The summed E-state index contributed by atoms with van der Waals surface area (Å²) < 4.78 is 1.96. The molecule has 146 valence electrons. The maximum absolute atomic E-state index is 4.63. The first kappa shape index (κ1) is 21.5. The first-order valence-corrected chi connectivity index (χ1v) is 9.86. The molecule has 0 aliphatic rings. The molecule has 3 aromatic heterocycles. The second-order valence-corrected chi connectivity index (χ2v) is 6.95. The standard InChI is InChI=1S/C18H25N7S.HI/c1-3-19-18(20-10-6-4-9-17-22-14(2)13-26-17)21-12-16-24-23-15-8-5-7-11-25(15)16;/h5,7-8,11,13H,3-4,6,9-10,12H2,1-2H3,(H2,19,20,21);1H. The molecule has 0 saturated heterocycles. The molecule has 3 aromatic rings. The van der Waals surface area contributed by atoms with Gasteiger partial charge in [-0.2, -0.15) is 0 Å². The molecule has 3 heterocycles. The number of fused-ring (bicyclic) bond motifs is 1. The van der Waals surface area contributed by atoms with Crippen LogP contribution in [-0.2, 0) is 13.0 Å². The van der Waals surface area contributed by atoms with Gasteiger partial charge in [0.2, 0.25) is 0 Å². The second-order valence-electron chi connectivity index (χ2n) is 6.01. The second kappa shape index (κ2) is 11.2. The van der Waals surface area contributed by atoms with E-state index in [9.17, 15) is 0 Å². The molecule has 9 heteroatoms. The van der Waals surface area contributed by atoms with Crippen molar-refractivity contribution in [1.82, 2.24) is 30.2 Å². The number of aryl methyl sites for hydroxylation is 2. The van der Waals surface area contributed by atoms with Gasteiger partial charge >= 0.3 is 0 Å². The van der Waals surface area contributed by atoms with Crippen molar-refractivity contribution in [3.8, 4) is 0 Å². The third-order valence-corrected chi connectivity index (χ3v) is 4.91. The molecule has 27 heavy (non-hydrogen) atoms. The van der Waals surface area contributed by atoms with Crippen LogP contribution in [0.15, 0.2) is 34.8 Å². The number of thiazole rings is 1. The number of pyridine rings is 1. The highest BCUT2D eigenvalue weighted by Crippen LogP contribution is 2.11. The van der Waals surface area contributed by atoms with Crippen molar-refractivity contribution in [2.45, 2.75) is 39.7 Å². The predicted molar refractivity (Wildman–Crippen MR) is 121 cm³/mol. The van der Waals surface area contributed by atoms with E-state index in [0.717, 1.165) is 55.5 Å². The van der Waals surface area contributed by atoms with Gasteiger partial charge < -0.3 is 10.6 Å². The third kappa shape index (κ3) is 6.42. The average molecular weight is 499 g/mol. The van der Waals surface area contributed by atoms with Crippen LogP contribution in [0.25, 0.3) is 5.65 Å². The normalized spacial score (nSPS) is 11.4. The lowest BCUT2D eigenvalue weighted by Gasteiger charge is -2.10. The molecule has 0 spiro atoms. The number of unbranched alkanes of at least 4 members (excludes halogenated alkanes) is 1. The fourth-order valence-electron chi connectivity index (χ4n) is 2.62. The lowest BCUT2D eigenvalue weighted by Crippen LogP contribution is -2.37. The van der Waals surface area contributed by atoms with Crippen molar-refractivity contribution in [2.24, 2.45) is 4.99 Å². The monoisotopic (exact) mass is 499 g/mol. The molecular weight excluding hydrogens is 473 g/mol. The molecule has 2 N–H and O–H groups in total. The molecule has 0 aliphatic heterocycles. The topological polar surface area (TPSA) is 79.5 Å². The number of halogens is 1. The van der Waals surface area contributed by atoms with Crippen molar-refractivity contribution in [1.29, 1.82) is 0 Å². The quantitative estimate of drug-likeness (QED) is 0.216. The van der Waals surface area contributed by atoms with Crippen LogP contribution in [-0.4, -0.2) is 38.6 Å². The van der Waals surface area contributed by atoms with E-state index in [4.69, 9.17) is 0 Å². The van der Waals surface area contributed by atoms with E-state index in [1.54, 1.807) is 11.3 Å². The van der Waals surface area contributed by atoms with Gasteiger partial charge in [0.25, 0.3) is 0 Å². The number of hydrogen-bond donors (Lipinski definition) is 2. The Morgan fingerprint density at radius 3 is 2.89 bits per heavy atom. The zero-order valence-corrected chi connectivity index (χ0v) is 18.8. The summed E-state index contributed by atoms with van der Waals surface area (Å²) in [5, 5.41) is 18.4. The SMILES string of the molecule is CCNC(=NCc1nnc2ccccn12)NCCCCc1nc(C)cs1.I. The van der Waals surface area contributed by atoms with E-state index in [1.165, 1.54) is 5.01 Å². The van der Waals surface area contributed by atoms with E-state index in [-0.39, 0.29) is 24.0 Å². The van der Waals surface area contributed by atoms with Crippen molar-refractivity contribution in [3.63, 3.8) is 0 Å². The number of hydrogen-bond acceptors (Lipinski definition) is 5. The van der Waals surface area contributed by atoms with Crippen LogP contribution in [0.2, 0.25) is 0 Å². The minimum Gasteiger partial charge on any atom is -0.357 e. The Morgan fingerprint density at radius 1 is 1.22 bits per heavy atom. The summed E-state index contributed by atoms with van der Waals surface area (Å²) in [5.74, 6) is 1.64. The van der Waals surface area contributed by atoms with Gasteiger partial charge in [-0.3, -0.25) is 4.40 Å².